The maximum absolute atomic E-state index is 13.1. The van der Waals surface area contributed by atoms with Crippen molar-refractivity contribution < 1.29 is 4.79 Å². The summed E-state index contributed by atoms with van der Waals surface area (Å²) in [6.07, 6.45) is 2.07. The van der Waals surface area contributed by atoms with Crippen LogP contribution in [0.3, 0.4) is 0 Å². The Balaban J connectivity index is 1.78. The van der Waals surface area contributed by atoms with E-state index in [1.54, 1.807) is 4.57 Å². The SMILES string of the molecule is CCn1c(SC(C(=O)NC2CC2)c2ccccc2)nc2sc(C)c(C)c2c1=O. The summed E-state index contributed by atoms with van der Waals surface area (Å²) < 4.78 is 1.69. The fourth-order valence-electron chi connectivity index (χ4n) is 3.19. The summed E-state index contributed by atoms with van der Waals surface area (Å²) in [5.74, 6) is -0.0192. The maximum atomic E-state index is 13.1. The molecule has 1 saturated carbocycles. The zero-order chi connectivity index (χ0) is 19.8. The molecule has 0 saturated heterocycles. The quantitative estimate of drug-likeness (QED) is 0.486. The average molecular weight is 414 g/mol. The Morgan fingerprint density at radius 2 is 2.04 bits per heavy atom. The van der Waals surface area contributed by atoms with E-state index in [0.29, 0.717) is 17.1 Å². The minimum atomic E-state index is -0.439. The van der Waals surface area contributed by atoms with Gasteiger partial charge in [0.15, 0.2) is 5.16 Å². The molecule has 0 spiro atoms. The smallest absolute Gasteiger partial charge is 0.263 e. The Morgan fingerprint density at radius 1 is 1.32 bits per heavy atom. The Bertz CT molecular complexity index is 1080. The van der Waals surface area contributed by atoms with Gasteiger partial charge in [-0.1, -0.05) is 42.1 Å². The van der Waals surface area contributed by atoms with Crippen LogP contribution in [0.15, 0.2) is 40.3 Å². The van der Waals surface area contributed by atoms with Gasteiger partial charge in [0.05, 0.1) is 5.39 Å². The lowest BCUT2D eigenvalue weighted by atomic mass is 10.1. The molecule has 1 fully saturated rings. The van der Waals surface area contributed by atoms with Crippen LogP contribution in [0.25, 0.3) is 10.2 Å². The van der Waals surface area contributed by atoms with Gasteiger partial charge in [0, 0.05) is 17.5 Å². The van der Waals surface area contributed by atoms with Crippen LogP contribution in [-0.4, -0.2) is 21.5 Å². The van der Waals surface area contributed by atoms with Crippen molar-refractivity contribution in [1.29, 1.82) is 0 Å². The lowest BCUT2D eigenvalue weighted by Gasteiger charge is -2.18. The molecule has 2 heterocycles. The Kier molecular flexibility index (Phi) is 5.29. The van der Waals surface area contributed by atoms with Crippen LogP contribution in [0, 0.1) is 13.8 Å². The molecular weight excluding hydrogens is 390 g/mol. The molecule has 3 aromatic rings. The van der Waals surface area contributed by atoms with Crippen LogP contribution >= 0.6 is 23.1 Å². The minimum absolute atomic E-state index is 0.0192. The number of nitrogens with one attached hydrogen (secondary N) is 1. The number of carbonyl (C=O) groups is 1. The summed E-state index contributed by atoms with van der Waals surface area (Å²) >= 11 is 2.90. The predicted octanol–water partition coefficient (Wildman–Crippen LogP) is 4.21. The number of thiophene rings is 1. The molecule has 0 aliphatic heterocycles. The van der Waals surface area contributed by atoms with Crippen LogP contribution in [-0.2, 0) is 11.3 Å². The van der Waals surface area contributed by atoms with E-state index in [-0.39, 0.29) is 17.5 Å². The molecule has 146 valence electrons. The van der Waals surface area contributed by atoms with Gasteiger partial charge in [0.1, 0.15) is 10.1 Å². The molecule has 1 amide bonds. The number of aryl methyl sites for hydroxylation is 2. The molecule has 0 bridgehead atoms. The maximum Gasteiger partial charge on any atom is 0.263 e. The second-order valence-corrected chi connectivity index (χ2v) is 9.37. The summed E-state index contributed by atoms with van der Waals surface area (Å²) in [5, 5.41) is 3.96. The number of rotatable bonds is 6. The van der Waals surface area contributed by atoms with Crippen molar-refractivity contribution in [1.82, 2.24) is 14.9 Å². The fourth-order valence-corrected chi connectivity index (χ4v) is 5.43. The van der Waals surface area contributed by atoms with Gasteiger partial charge in [0.25, 0.3) is 5.56 Å². The summed E-state index contributed by atoms with van der Waals surface area (Å²) in [6, 6.07) is 10.00. The third-order valence-electron chi connectivity index (χ3n) is 5.06. The molecule has 1 aromatic carbocycles. The van der Waals surface area contributed by atoms with Crippen molar-refractivity contribution in [3.63, 3.8) is 0 Å². The van der Waals surface area contributed by atoms with Gasteiger partial charge in [-0.25, -0.2) is 4.98 Å². The molecule has 5 nitrogen and oxygen atoms in total. The van der Waals surface area contributed by atoms with E-state index in [0.717, 1.165) is 33.7 Å². The second kappa shape index (κ2) is 7.72. The third kappa shape index (κ3) is 3.61. The molecule has 1 aliphatic carbocycles. The van der Waals surface area contributed by atoms with Crippen LogP contribution in [0.5, 0.6) is 0 Å². The van der Waals surface area contributed by atoms with Crippen molar-refractivity contribution in [3.05, 3.63) is 56.7 Å². The van der Waals surface area contributed by atoms with Crippen molar-refractivity contribution >= 4 is 39.2 Å². The molecule has 2 aromatic heterocycles. The third-order valence-corrected chi connectivity index (χ3v) is 7.40. The van der Waals surface area contributed by atoms with E-state index in [1.165, 1.54) is 23.1 Å². The highest BCUT2D eigenvalue weighted by molar-refractivity contribution is 8.00. The number of fused-ring (bicyclic) bond motifs is 1. The van der Waals surface area contributed by atoms with Gasteiger partial charge >= 0.3 is 0 Å². The summed E-state index contributed by atoms with van der Waals surface area (Å²) in [5.41, 5.74) is 1.90. The number of hydrogen-bond donors (Lipinski definition) is 1. The number of hydrogen-bond acceptors (Lipinski definition) is 5. The van der Waals surface area contributed by atoms with E-state index in [1.807, 2.05) is 51.1 Å². The largest absolute Gasteiger partial charge is 0.352 e. The van der Waals surface area contributed by atoms with Gasteiger partial charge < -0.3 is 5.32 Å². The lowest BCUT2D eigenvalue weighted by Crippen LogP contribution is -2.30. The van der Waals surface area contributed by atoms with Crippen molar-refractivity contribution in [2.45, 2.75) is 56.6 Å². The van der Waals surface area contributed by atoms with E-state index in [2.05, 4.69) is 5.32 Å². The lowest BCUT2D eigenvalue weighted by molar-refractivity contribution is -0.120. The monoisotopic (exact) mass is 413 g/mol. The average Bonchev–Trinajstić information content (AvgIpc) is 3.45. The number of aromatic nitrogens is 2. The molecule has 1 aliphatic rings. The normalized spacial score (nSPS) is 15.0. The van der Waals surface area contributed by atoms with Crippen LogP contribution < -0.4 is 10.9 Å². The van der Waals surface area contributed by atoms with Gasteiger partial charge in [-0.05, 0) is 44.7 Å². The molecule has 1 N–H and O–H groups in total. The summed E-state index contributed by atoms with van der Waals surface area (Å²) in [4.78, 5) is 32.7. The van der Waals surface area contributed by atoms with Crippen LogP contribution in [0.2, 0.25) is 0 Å². The zero-order valence-electron chi connectivity index (χ0n) is 16.2. The number of nitrogens with zero attached hydrogens (tertiary/aromatic N) is 2. The fraction of sp³-hybridized carbons (Fsp3) is 0.381. The van der Waals surface area contributed by atoms with E-state index < -0.39 is 5.25 Å². The Morgan fingerprint density at radius 3 is 2.68 bits per heavy atom. The van der Waals surface area contributed by atoms with Gasteiger partial charge in [-0.15, -0.1) is 11.3 Å². The number of thioether (sulfide) groups is 1. The molecule has 7 heteroatoms. The van der Waals surface area contributed by atoms with E-state index >= 15 is 0 Å². The highest BCUT2D eigenvalue weighted by Crippen LogP contribution is 2.37. The minimum Gasteiger partial charge on any atom is -0.352 e. The second-order valence-electron chi connectivity index (χ2n) is 7.10. The first kappa shape index (κ1) is 19.2. The molecule has 28 heavy (non-hydrogen) atoms. The first-order chi connectivity index (χ1) is 13.5. The number of carbonyl (C=O) groups excluding carboxylic acids is 1. The summed E-state index contributed by atoms with van der Waals surface area (Å²) in [6.45, 7) is 6.44. The summed E-state index contributed by atoms with van der Waals surface area (Å²) in [7, 11) is 0. The highest BCUT2D eigenvalue weighted by Gasteiger charge is 2.30. The molecule has 0 radical (unpaired) electrons. The topological polar surface area (TPSA) is 64.0 Å². The molecule has 1 unspecified atom stereocenters. The first-order valence-electron chi connectivity index (χ1n) is 9.52. The van der Waals surface area contributed by atoms with E-state index in [9.17, 15) is 9.59 Å². The van der Waals surface area contributed by atoms with E-state index in [4.69, 9.17) is 4.98 Å². The van der Waals surface area contributed by atoms with Crippen LogP contribution in [0.1, 0.15) is 41.0 Å². The van der Waals surface area contributed by atoms with Gasteiger partial charge in [-0.2, -0.15) is 0 Å². The standard InChI is InChI=1S/C21H23N3O2S2/c1-4-24-20(26)16-12(2)13(3)27-19(16)23-21(24)28-17(14-8-6-5-7-9-14)18(25)22-15-10-11-15/h5-9,15,17H,4,10-11H2,1-3H3,(H,22,25). The molecule has 4 rings (SSSR count). The van der Waals surface area contributed by atoms with Crippen LogP contribution in [0.4, 0.5) is 0 Å². The number of amides is 1. The Labute approximate surface area is 172 Å². The van der Waals surface area contributed by atoms with Crippen molar-refractivity contribution in [2.75, 3.05) is 0 Å². The highest BCUT2D eigenvalue weighted by atomic mass is 32.2. The van der Waals surface area contributed by atoms with Crippen molar-refractivity contribution in [2.24, 2.45) is 0 Å². The van der Waals surface area contributed by atoms with Gasteiger partial charge in [-0.3, -0.25) is 14.2 Å². The van der Waals surface area contributed by atoms with Crippen molar-refractivity contribution in [3.8, 4) is 0 Å². The predicted molar refractivity (Wildman–Crippen MR) is 115 cm³/mol. The zero-order valence-corrected chi connectivity index (χ0v) is 17.8. The first-order valence-corrected chi connectivity index (χ1v) is 11.2. The number of benzene rings is 1. The molecule has 1 atom stereocenters. The molecular formula is C21H23N3O2S2. The van der Waals surface area contributed by atoms with Gasteiger partial charge in [0.2, 0.25) is 5.91 Å². The Hall–Kier alpha value is -2.12.